The third kappa shape index (κ3) is 2.49. The molecule has 0 bridgehead atoms. The predicted octanol–water partition coefficient (Wildman–Crippen LogP) is 1.29. The fourth-order valence-corrected chi connectivity index (χ4v) is 0.722. The molecule has 0 aromatic heterocycles. The van der Waals surface area contributed by atoms with Gasteiger partial charge in [-0.2, -0.15) is 0 Å². The van der Waals surface area contributed by atoms with E-state index in [9.17, 15) is 4.57 Å². The van der Waals surface area contributed by atoms with Gasteiger partial charge in [-0.1, -0.05) is 0 Å². The van der Waals surface area contributed by atoms with Crippen molar-refractivity contribution < 1.29 is 4.57 Å². The lowest BCUT2D eigenvalue weighted by Gasteiger charge is -2.18. The maximum atomic E-state index is 11.0. The molecule has 0 spiro atoms. The minimum absolute atomic E-state index is 0.615. The first kappa shape index (κ1) is 8.19. The van der Waals surface area contributed by atoms with E-state index in [0.717, 1.165) is 0 Å². The molecule has 0 rings (SSSR count). The zero-order chi connectivity index (χ0) is 6.78. The number of rotatable bonds is 2. The van der Waals surface area contributed by atoms with Crippen LogP contribution in [0, 0.1) is 6.92 Å². The van der Waals surface area contributed by atoms with Gasteiger partial charge >= 0.3 is 0 Å². The zero-order valence-corrected chi connectivity index (χ0v) is 6.61. The average Bonchev–Trinajstić information content (AvgIpc) is 1.62. The summed E-state index contributed by atoms with van der Waals surface area (Å²) in [5.74, 6) is 0. The molecule has 2 nitrogen and oxygen atoms in total. The molecule has 0 saturated heterocycles. The summed E-state index contributed by atoms with van der Waals surface area (Å²) in [6.45, 7) is 7.69. The van der Waals surface area contributed by atoms with Crippen LogP contribution in [-0.4, -0.2) is 31.6 Å². The Balaban J connectivity index is 3.82. The van der Waals surface area contributed by atoms with E-state index in [2.05, 4.69) is 6.92 Å². The first-order chi connectivity index (χ1) is 3.48. The van der Waals surface area contributed by atoms with Crippen molar-refractivity contribution in [2.24, 2.45) is 0 Å². The highest BCUT2D eigenvalue weighted by atomic mass is 31.2. The summed E-state index contributed by atoms with van der Waals surface area (Å²) in [6.07, 6.45) is 0. The van der Waals surface area contributed by atoms with Crippen LogP contribution in [0.2, 0.25) is 0 Å². The summed E-state index contributed by atoms with van der Waals surface area (Å²) in [5, 5.41) is 0. The zero-order valence-electron chi connectivity index (χ0n) is 5.72. The number of nitrogens with zero attached hydrogens (tertiary/aromatic N) is 1. The van der Waals surface area contributed by atoms with Gasteiger partial charge in [-0.15, -0.1) is 0 Å². The molecule has 8 heavy (non-hydrogen) atoms. The first-order valence-electron chi connectivity index (χ1n) is 2.54. The Kier molecular flexibility index (Phi) is 2.72. The highest BCUT2D eigenvalue weighted by molar-refractivity contribution is 7.59. The van der Waals surface area contributed by atoms with Gasteiger partial charge in [-0.05, 0) is 14.0 Å². The van der Waals surface area contributed by atoms with Crippen LogP contribution in [0.25, 0.3) is 0 Å². The summed E-state index contributed by atoms with van der Waals surface area (Å²) in [5.41, 5.74) is 0. The van der Waals surface area contributed by atoms with Crippen molar-refractivity contribution in [3.63, 3.8) is 0 Å². The molecule has 0 heterocycles. The lowest BCUT2D eigenvalue weighted by atomic mass is 10.8. The standard InChI is InChI=1S/C5H13NOP/c1-5-6(2)8(3,4)7/h1,5H2,2-4H3. The summed E-state index contributed by atoms with van der Waals surface area (Å²) in [4.78, 5) is 0. The second-order valence-electron chi connectivity index (χ2n) is 2.18. The van der Waals surface area contributed by atoms with Gasteiger partial charge in [0.25, 0.3) is 0 Å². The molecule has 0 aliphatic rings. The predicted molar refractivity (Wildman–Crippen MR) is 37.4 cm³/mol. The van der Waals surface area contributed by atoms with E-state index in [0.29, 0.717) is 6.54 Å². The SMILES string of the molecule is [CH2]CN(C)P(C)(C)=O. The van der Waals surface area contributed by atoms with E-state index in [-0.39, 0.29) is 0 Å². The third-order valence-electron chi connectivity index (χ3n) is 1.15. The van der Waals surface area contributed by atoms with Crippen LogP contribution in [-0.2, 0) is 4.57 Å². The molecule has 49 valence electrons. The van der Waals surface area contributed by atoms with Crippen LogP contribution in [0.15, 0.2) is 0 Å². The minimum atomic E-state index is -1.99. The molecule has 0 saturated carbocycles. The topological polar surface area (TPSA) is 20.3 Å². The van der Waals surface area contributed by atoms with Gasteiger partial charge in [-0.25, -0.2) is 0 Å². The molecule has 0 aromatic rings. The molecular weight excluding hydrogens is 121 g/mol. The Hall–Kier alpha value is 0.190. The van der Waals surface area contributed by atoms with E-state index >= 15 is 0 Å². The second kappa shape index (κ2) is 2.65. The summed E-state index contributed by atoms with van der Waals surface area (Å²) in [7, 11) is -0.173. The molecule has 0 amide bonds. The maximum absolute atomic E-state index is 11.0. The van der Waals surface area contributed by atoms with Gasteiger partial charge in [0.1, 0.15) is 7.29 Å². The Morgan fingerprint density at radius 3 is 2.00 bits per heavy atom. The highest BCUT2D eigenvalue weighted by Gasteiger charge is 2.10. The average molecular weight is 134 g/mol. The number of hydrogen-bond donors (Lipinski definition) is 0. The molecule has 0 atom stereocenters. The minimum Gasteiger partial charge on any atom is -0.307 e. The first-order valence-corrected chi connectivity index (χ1v) is 5.09. The van der Waals surface area contributed by atoms with Crippen molar-refractivity contribution in [3.05, 3.63) is 6.92 Å². The van der Waals surface area contributed by atoms with Crippen molar-refractivity contribution in [2.45, 2.75) is 0 Å². The molecule has 0 unspecified atom stereocenters. The number of hydrogen-bond acceptors (Lipinski definition) is 1. The van der Waals surface area contributed by atoms with Gasteiger partial charge in [0.15, 0.2) is 0 Å². The van der Waals surface area contributed by atoms with Gasteiger partial charge in [0.05, 0.1) is 0 Å². The monoisotopic (exact) mass is 134 g/mol. The van der Waals surface area contributed by atoms with Crippen LogP contribution in [0.5, 0.6) is 0 Å². The Morgan fingerprint density at radius 1 is 1.62 bits per heavy atom. The van der Waals surface area contributed by atoms with Crippen LogP contribution in [0.1, 0.15) is 0 Å². The molecule has 1 radical (unpaired) electrons. The maximum Gasteiger partial charge on any atom is 0.144 e. The Morgan fingerprint density at radius 2 is 2.00 bits per heavy atom. The molecule has 0 aromatic carbocycles. The van der Waals surface area contributed by atoms with E-state index in [1.54, 1.807) is 18.0 Å². The lowest BCUT2D eigenvalue weighted by Crippen LogP contribution is -2.12. The van der Waals surface area contributed by atoms with Gasteiger partial charge in [0.2, 0.25) is 0 Å². The van der Waals surface area contributed by atoms with Crippen molar-refractivity contribution >= 4 is 7.29 Å². The fraction of sp³-hybridized carbons (Fsp3) is 0.800. The Bertz CT molecular complexity index is 107. The van der Waals surface area contributed by atoms with Crippen LogP contribution in [0.3, 0.4) is 0 Å². The van der Waals surface area contributed by atoms with Crippen molar-refractivity contribution in [3.8, 4) is 0 Å². The van der Waals surface area contributed by atoms with Crippen molar-refractivity contribution in [2.75, 3.05) is 26.9 Å². The Labute approximate surface area is 51.3 Å². The van der Waals surface area contributed by atoms with E-state index in [4.69, 9.17) is 0 Å². The molecule has 0 fully saturated rings. The lowest BCUT2D eigenvalue weighted by molar-refractivity contribution is 0.505. The quantitative estimate of drug-likeness (QED) is 0.530. The van der Waals surface area contributed by atoms with E-state index in [1.165, 1.54) is 0 Å². The summed E-state index contributed by atoms with van der Waals surface area (Å²) >= 11 is 0. The van der Waals surface area contributed by atoms with E-state index in [1.807, 2.05) is 7.05 Å². The molecular formula is C5H13NOP. The highest BCUT2D eigenvalue weighted by Crippen LogP contribution is 2.38. The summed E-state index contributed by atoms with van der Waals surface area (Å²) in [6, 6.07) is 0. The molecule has 3 heteroatoms. The summed E-state index contributed by atoms with van der Waals surface area (Å²) < 4.78 is 12.8. The second-order valence-corrected chi connectivity index (χ2v) is 5.45. The third-order valence-corrected chi connectivity index (χ3v) is 2.99. The van der Waals surface area contributed by atoms with Crippen LogP contribution in [0.4, 0.5) is 0 Å². The molecule has 0 aliphatic heterocycles. The van der Waals surface area contributed by atoms with Gasteiger partial charge in [0, 0.05) is 19.9 Å². The van der Waals surface area contributed by atoms with Crippen LogP contribution < -0.4 is 0 Å². The van der Waals surface area contributed by atoms with Crippen LogP contribution >= 0.6 is 7.29 Å². The largest absolute Gasteiger partial charge is 0.307 e. The van der Waals surface area contributed by atoms with Gasteiger partial charge < -0.3 is 4.57 Å². The smallest absolute Gasteiger partial charge is 0.144 e. The van der Waals surface area contributed by atoms with Gasteiger partial charge in [-0.3, -0.25) is 4.67 Å². The normalized spacial score (nSPS) is 12.6. The molecule has 0 N–H and O–H groups in total. The molecule has 0 aliphatic carbocycles. The van der Waals surface area contributed by atoms with Crippen molar-refractivity contribution in [1.29, 1.82) is 0 Å². The van der Waals surface area contributed by atoms with E-state index < -0.39 is 7.29 Å². The fourth-order valence-electron chi connectivity index (χ4n) is 0.241. The van der Waals surface area contributed by atoms with Crippen molar-refractivity contribution in [1.82, 2.24) is 4.67 Å².